The van der Waals surface area contributed by atoms with Crippen molar-refractivity contribution in [3.05, 3.63) is 29.8 Å². The van der Waals surface area contributed by atoms with Gasteiger partial charge in [0.15, 0.2) is 0 Å². The number of benzene rings is 1. The molecule has 1 atom stereocenters. The van der Waals surface area contributed by atoms with Crippen LogP contribution in [0.25, 0.3) is 0 Å². The molecule has 0 aliphatic carbocycles. The second kappa shape index (κ2) is 8.15. The third kappa shape index (κ3) is 4.69. The maximum Gasteiger partial charge on any atom is 0.119 e. The Labute approximate surface area is 112 Å². The van der Waals surface area contributed by atoms with Gasteiger partial charge < -0.3 is 10.1 Å². The van der Waals surface area contributed by atoms with E-state index in [0.717, 1.165) is 24.7 Å². The molecule has 0 bridgehead atoms. The maximum atomic E-state index is 5.82. The third-order valence-electron chi connectivity index (χ3n) is 3.68. The lowest BCUT2D eigenvalue weighted by molar-refractivity contribution is 0.250. The number of aryl methyl sites for hydroxylation is 1. The molecule has 1 aromatic carbocycles. The number of hydrogen-bond donors (Lipinski definition) is 1. The molecule has 0 saturated carbocycles. The zero-order valence-corrected chi connectivity index (χ0v) is 12.2. The van der Waals surface area contributed by atoms with E-state index in [-0.39, 0.29) is 0 Å². The standard InChI is InChI=1S/C16H27NO/c1-5-14(6-2)16(17-4)10-11-18-15-9-7-8-13(3)12-15/h7-9,12,14,16-17H,5-6,10-11H2,1-4H3. The molecule has 1 rings (SSSR count). The van der Waals surface area contributed by atoms with E-state index >= 15 is 0 Å². The Hall–Kier alpha value is -1.02. The van der Waals surface area contributed by atoms with Crippen molar-refractivity contribution in [1.29, 1.82) is 0 Å². The molecule has 0 radical (unpaired) electrons. The van der Waals surface area contributed by atoms with Crippen molar-refractivity contribution in [1.82, 2.24) is 5.32 Å². The minimum atomic E-state index is 0.560. The van der Waals surface area contributed by atoms with E-state index in [2.05, 4.69) is 45.3 Å². The number of rotatable bonds is 8. The second-order valence-corrected chi connectivity index (χ2v) is 4.93. The van der Waals surface area contributed by atoms with Crippen LogP contribution in [0, 0.1) is 12.8 Å². The zero-order chi connectivity index (χ0) is 13.4. The summed E-state index contributed by atoms with van der Waals surface area (Å²) in [6, 6.07) is 8.81. The molecule has 1 aromatic rings. The lowest BCUT2D eigenvalue weighted by Gasteiger charge is -2.24. The second-order valence-electron chi connectivity index (χ2n) is 4.93. The average Bonchev–Trinajstić information content (AvgIpc) is 2.38. The number of nitrogens with one attached hydrogen (secondary N) is 1. The van der Waals surface area contributed by atoms with E-state index in [1.807, 2.05) is 12.1 Å². The van der Waals surface area contributed by atoms with E-state index in [0.29, 0.717) is 6.04 Å². The lowest BCUT2D eigenvalue weighted by atomic mass is 9.92. The SMILES string of the molecule is CCC(CC)C(CCOc1cccc(C)c1)NC. The lowest BCUT2D eigenvalue weighted by Crippen LogP contribution is -2.34. The summed E-state index contributed by atoms with van der Waals surface area (Å²) in [5.41, 5.74) is 1.25. The quantitative estimate of drug-likeness (QED) is 0.757. The summed E-state index contributed by atoms with van der Waals surface area (Å²) in [6.45, 7) is 7.40. The monoisotopic (exact) mass is 249 g/mol. The van der Waals surface area contributed by atoms with Crippen LogP contribution in [0.2, 0.25) is 0 Å². The molecular weight excluding hydrogens is 222 g/mol. The molecule has 0 aromatic heterocycles. The van der Waals surface area contributed by atoms with Crippen LogP contribution in [0.5, 0.6) is 5.75 Å². The first-order valence-corrected chi connectivity index (χ1v) is 7.08. The smallest absolute Gasteiger partial charge is 0.119 e. The van der Waals surface area contributed by atoms with Gasteiger partial charge >= 0.3 is 0 Å². The van der Waals surface area contributed by atoms with Crippen molar-refractivity contribution >= 4 is 0 Å². The Morgan fingerprint density at radius 1 is 1.22 bits per heavy atom. The van der Waals surface area contributed by atoms with Crippen molar-refractivity contribution in [2.24, 2.45) is 5.92 Å². The van der Waals surface area contributed by atoms with Crippen LogP contribution in [0.3, 0.4) is 0 Å². The molecule has 0 spiro atoms. The Kier molecular flexibility index (Phi) is 6.81. The first-order chi connectivity index (χ1) is 8.71. The van der Waals surface area contributed by atoms with Crippen molar-refractivity contribution in [3.8, 4) is 5.75 Å². The van der Waals surface area contributed by atoms with Crippen LogP contribution in [0.1, 0.15) is 38.7 Å². The van der Waals surface area contributed by atoms with Crippen molar-refractivity contribution in [3.63, 3.8) is 0 Å². The highest BCUT2D eigenvalue weighted by Gasteiger charge is 2.16. The van der Waals surface area contributed by atoms with Crippen LogP contribution < -0.4 is 10.1 Å². The van der Waals surface area contributed by atoms with Gasteiger partial charge in [-0.2, -0.15) is 0 Å². The molecule has 1 N–H and O–H groups in total. The topological polar surface area (TPSA) is 21.3 Å². The van der Waals surface area contributed by atoms with Crippen molar-refractivity contribution in [2.75, 3.05) is 13.7 Å². The summed E-state index contributed by atoms with van der Waals surface area (Å²) in [4.78, 5) is 0. The molecule has 0 fully saturated rings. The largest absolute Gasteiger partial charge is 0.494 e. The van der Waals surface area contributed by atoms with Gasteiger partial charge in [-0.15, -0.1) is 0 Å². The Morgan fingerprint density at radius 3 is 2.50 bits per heavy atom. The molecule has 0 heterocycles. The summed E-state index contributed by atoms with van der Waals surface area (Å²) < 4.78 is 5.82. The van der Waals surface area contributed by atoms with Gasteiger partial charge in [-0.3, -0.25) is 0 Å². The Bertz CT molecular complexity index is 334. The predicted octanol–water partition coefficient (Wildman–Crippen LogP) is 3.79. The fourth-order valence-electron chi connectivity index (χ4n) is 2.48. The van der Waals surface area contributed by atoms with E-state index in [1.165, 1.54) is 18.4 Å². The molecule has 2 heteroatoms. The van der Waals surface area contributed by atoms with E-state index in [1.54, 1.807) is 0 Å². The Balaban J connectivity index is 2.39. The van der Waals surface area contributed by atoms with Crippen molar-refractivity contribution in [2.45, 2.75) is 46.1 Å². The minimum Gasteiger partial charge on any atom is -0.494 e. The van der Waals surface area contributed by atoms with Gasteiger partial charge in [0.1, 0.15) is 5.75 Å². The van der Waals surface area contributed by atoms with Crippen LogP contribution >= 0.6 is 0 Å². The number of ether oxygens (including phenoxy) is 1. The molecule has 2 nitrogen and oxygen atoms in total. The van der Waals surface area contributed by atoms with Gasteiger partial charge in [0.2, 0.25) is 0 Å². The summed E-state index contributed by atoms with van der Waals surface area (Å²) in [7, 11) is 2.05. The average molecular weight is 249 g/mol. The fourth-order valence-corrected chi connectivity index (χ4v) is 2.48. The van der Waals surface area contributed by atoms with Gasteiger partial charge in [0, 0.05) is 6.04 Å². The normalized spacial score (nSPS) is 12.7. The highest BCUT2D eigenvalue weighted by molar-refractivity contribution is 5.27. The summed E-state index contributed by atoms with van der Waals surface area (Å²) in [5.74, 6) is 1.73. The highest BCUT2D eigenvalue weighted by atomic mass is 16.5. The first kappa shape index (κ1) is 15.0. The minimum absolute atomic E-state index is 0.560. The molecule has 1 unspecified atom stereocenters. The van der Waals surface area contributed by atoms with E-state index in [4.69, 9.17) is 4.74 Å². The predicted molar refractivity (Wildman–Crippen MR) is 78.2 cm³/mol. The van der Waals surface area contributed by atoms with Crippen LogP contribution in [-0.4, -0.2) is 19.7 Å². The molecule has 0 aliphatic heterocycles. The van der Waals surface area contributed by atoms with Gasteiger partial charge in [-0.1, -0.05) is 38.8 Å². The molecule has 0 amide bonds. The maximum absolute atomic E-state index is 5.82. The Morgan fingerprint density at radius 2 is 1.94 bits per heavy atom. The first-order valence-electron chi connectivity index (χ1n) is 7.08. The van der Waals surface area contributed by atoms with E-state index in [9.17, 15) is 0 Å². The molecule has 102 valence electrons. The van der Waals surface area contributed by atoms with Crippen LogP contribution in [-0.2, 0) is 0 Å². The fraction of sp³-hybridized carbons (Fsp3) is 0.625. The molecular formula is C16H27NO. The molecule has 0 saturated heterocycles. The summed E-state index contributed by atoms with van der Waals surface area (Å²) in [5, 5.41) is 3.42. The third-order valence-corrected chi connectivity index (χ3v) is 3.68. The van der Waals surface area contributed by atoms with Crippen molar-refractivity contribution < 1.29 is 4.74 Å². The summed E-state index contributed by atoms with van der Waals surface area (Å²) in [6.07, 6.45) is 3.52. The van der Waals surface area contributed by atoms with Gasteiger partial charge in [-0.25, -0.2) is 0 Å². The molecule has 0 aliphatic rings. The summed E-state index contributed by atoms with van der Waals surface area (Å²) >= 11 is 0. The van der Waals surface area contributed by atoms with Gasteiger partial charge in [0.25, 0.3) is 0 Å². The van der Waals surface area contributed by atoms with E-state index < -0.39 is 0 Å². The zero-order valence-electron chi connectivity index (χ0n) is 12.2. The van der Waals surface area contributed by atoms with Gasteiger partial charge in [-0.05, 0) is 44.0 Å². The van der Waals surface area contributed by atoms with Crippen LogP contribution in [0.15, 0.2) is 24.3 Å². The van der Waals surface area contributed by atoms with Crippen LogP contribution in [0.4, 0.5) is 0 Å². The number of hydrogen-bond acceptors (Lipinski definition) is 2. The van der Waals surface area contributed by atoms with Gasteiger partial charge in [0.05, 0.1) is 6.61 Å². The highest BCUT2D eigenvalue weighted by Crippen LogP contribution is 2.17. The molecule has 18 heavy (non-hydrogen) atoms.